The summed E-state index contributed by atoms with van der Waals surface area (Å²) in [5, 5.41) is 3.54. The Kier molecular flexibility index (Phi) is 3.50. The number of anilines is 1. The first-order valence-corrected chi connectivity index (χ1v) is 7.31. The lowest BCUT2D eigenvalue weighted by Gasteiger charge is -2.54. The number of rotatable bonds is 1. The van der Waals surface area contributed by atoms with Gasteiger partial charge in [-0.15, -0.1) is 0 Å². The molecule has 1 heterocycles. The molecule has 2 rings (SSSR count). The van der Waals surface area contributed by atoms with Crippen LogP contribution >= 0.6 is 15.9 Å². The number of halogens is 1. The molecule has 0 bridgehead atoms. The molecule has 0 spiro atoms. The SMILES string of the molecule is Cc1cc(N2C(C)(C)CNCC2(C)C)ccc1Br. The van der Waals surface area contributed by atoms with E-state index < -0.39 is 0 Å². The molecule has 0 aliphatic carbocycles. The van der Waals surface area contributed by atoms with Crippen LogP contribution in [0.3, 0.4) is 0 Å². The summed E-state index contributed by atoms with van der Waals surface area (Å²) >= 11 is 3.58. The highest BCUT2D eigenvalue weighted by Gasteiger charge is 2.41. The molecule has 1 fully saturated rings. The fraction of sp³-hybridized carbons (Fsp3) is 0.600. The van der Waals surface area contributed by atoms with Crippen molar-refractivity contribution in [1.82, 2.24) is 5.32 Å². The van der Waals surface area contributed by atoms with Gasteiger partial charge in [-0.3, -0.25) is 0 Å². The van der Waals surface area contributed by atoms with E-state index in [4.69, 9.17) is 0 Å². The fourth-order valence-electron chi connectivity index (χ4n) is 3.12. The van der Waals surface area contributed by atoms with Gasteiger partial charge >= 0.3 is 0 Å². The molecule has 2 nitrogen and oxygen atoms in total. The van der Waals surface area contributed by atoms with Crippen LogP contribution in [0.2, 0.25) is 0 Å². The van der Waals surface area contributed by atoms with Crippen LogP contribution in [0.15, 0.2) is 22.7 Å². The van der Waals surface area contributed by atoms with Crippen molar-refractivity contribution in [1.29, 1.82) is 0 Å². The third kappa shape index (κ3) is 2.43. The van der Waals surface area contributed by atoms with Gasteiger partial charge in [-0.05, 0) is 58.4 Å². The van der Waals surface area contributed by atoms with E-state index in [2.05, 4.69) is 79.0 Å². The van der Waals surface area contributed by atoms with Gasteiger partial charge in [0.05, 0.1) is 0 Å². The van der Waals surface area contributed by atoms with E-state index in [1.54, 1.807) is 0 Å². The molecule has 1 aromatic rings. The van der Waals surface area contributed by atoms with Gasteiger partial charge < -0.3 is 10.2 Å². The molecule has 1 aliphatic heterocycles. The van der Waals surface area contributed by atoms with Crippen molar-refractivity contribution in [3.63, 3.8) is 0 Å². The Morgan fingerprint density at radius 3 is 2.17 bits per heavy atom. The first kappa shape index (κ1) is 13.9. The zero-order chi connectivity index (χ0) is 13.6. The average molecular weight is 311 g/mol. The fourth-order valence-corrected chi connectivity index (χ4v) is 3.37. The third-order valence-corrected chi connectivity index (χ3v) is 4.62. The molecule has 1 aliphatic rings. The smallest absolute Gasteiger partial charge is 0.0476 e. The Labute approximate surface area is 119 Å². The Morgan fingerprint density at radius 2 is 1.67 bits per heavy atom. The predicted octanol–water partition coefficient (Wildman–Crippen LogP) is 3.72. The van der Waals surface area contributed by atoms with Gasteiger partial charge in [0.25, 0.3) is 0 Å². The maximum atomic E-state index is 3.58. The van der Waals surface area contributed by atoms with E-state index in [9.17, 15) is 0 Å². The minimum atomic E-state index is 0.127. The van der Waals surface area contributed by atoms with Crippen molar-refractivity contribution < 1.29 is 0 Å². The van der Waals surface area contributed by atoms with Gasteiger partial charge in [-0.1, -0.05) is 15.9 Å². The highest BCUT2D eigenvalue weighted by atomic mass is 79.9. The lowest BCUT2D eigenvalue weighted by molar-refractivity contribution is 0.263. The summed E-state index contributed by atoms with van der Waals surface area (Å²) in [5.41, 5.74) is 2.86. The molecular weight excluding hydrogens is 288 g/mol. The molecule has 0 radical (unpaired) electrons. The molecule has 0 unspecified atom stereocenters. The lowest BCUT2D eigenvalue weighted by atomic mass is 9.88. The van der Waals surface area contributed by atoms with Crippen LogP contribution < -0.4 is 10.2 Å². The van der Waals surface area contributed by atoms with Gasteiger partial charge in [0, 0.05) is 34.3 Å². The maximum absolute atomic E-state index is 3.58. The second-order valence-corrected chi connectivity index (χ2v) is 7.35. The average Bonchev–Trinajstić information content (AvgIpc) is 2.20. The molecule has 0 aromatic heterocycles. The molecule has 0 saturated carbocycles. The van der Waals surface area contributed by atoms with Gasteiger partial charge in [0.1, 0.15) is 0 Å². The molecule has 0 amide bonds. The number of aryl methyl sites for hydroxylation is 1. The van der Waals surface area contributed by atoms with E-state index in [-0.39, 0.29) is 11.1 Å². The van der Waals surface area contributed by atoms with Gasteiger partial charge in [-0.25, -0.2) is 0 Å². The summed E-state index contributed by atoms with van der Waals surface area (Å²) in [7, 11) is 0. The minimum Gasteiger partial charge on any atom is -0.359 e. The molecule has 1 aromatic carbocycles. The number of hydrogen-bond donors (Lipinski definition) is 1. The zero-order valence-corrected chi connectivity index (χ0v) is 13.6. The summed E-state index contributed by atoms with van der Waals surface area (Å²) in [5.74, 6) is 0. The Balaban J connectivity index is 2.47. The second-order valence-electron chi connectivity index (χ2n) is 6.50. The zero-order valence-electron chi connectivity index (χ0n) is 12.0. The minimum absolute atomic E-state index is 0.127. The number of nitrogens with one attached hydrogen (secondary N) is 1. The molecular formula is C15H23BrN2. The number of hydrogen-bond acceptors (Lipinski definition) is 2. The molecule has 1 saturated heterocycles. The van der Waals surface area contributed by atoms with Crippen LogP contribution in [0.5, 0.6) is 0 Å². The molecule has 3 heteroatoms. The van der Waals surface area contributed by atoms with Crippen LogP contribution in [-0.4, -0.2) is 24.2 Å². The van der Waals surface area contributed by atoms with Crippen molar-refractivity contribution >= 4 is 21.6 Å². The van der Waals surface area contributed by atoms with Gasteiger partial charge in [0.15, 0.2) is 0 Å². The van der Waals surface area contributed by atoms with Crippen molar-refractivity contribution in [3.05, 3.63) is 28.2 Å². The largest absolute Gasteiger partial charge is 0.359 e. The molecule has 18 heavy (non-hydrogen) atoms. The molecule has 100 valence electrons. The van der Waals surface area contributed by atoms with E-state index in [1.807, 2.05) is 0 Å². The number of nitrogens with zero attached hydrogens (tertiary/aromatic N) is 1. The highest BCUT2D eigenvalue weighted by Crippen LogP contribution is 2.35. The van der Waals surface area contributed by atoms with E-state index in [0.29, 0.717) is 0 Å². The molecule has 0 atom stereocenters. The van der Waals surface area contributed by atoms with Crippen LogP contribution in [0.1, 0.15) is 33.3 Å². The number of benzene rings is 1. The summed E-state index contributed by atoms with van der Waals surface area (Å²) in [6.45, 7) is 13.4. The van der Waals surface area contributed by atoms with Crippen molar-refractivity contribution in [2.24, 2.45) is 0 Å². The van der Waals surface area contributed by atoms with Crippen LogP contribution in [-0.2, 0) is 0 Å². The van der Waals surface area contributed by atoms with Crippen molar-refractivity contribution in [2.45, 2.75) is 45.7 Å². The van der Waals surface area contributed by atoms with E-state index in [1.165, 1.54) is 15.7 Å². The van der Waals surface area contributed by atoms with Crippen LogP contribution in [0.25, 0.3) is 0 Å². The summed E-state index contributed by atoms with van der Waals surface area (Å²) in [6.07, 6.45) is 0. The summed E-state index contributed by atoms with van der Waals surface area (Å²) in [6, 6.07) is 6.64. The predicted molar refractivity (Wildman–Crippen MR) is 82.4 cm³/mol. The standard InChI is InChI=1S/C15H23BrN2/c1-11-8-12(6-7-13(11)16)18-14(2,3)9-17-10-15(18,4)5/h6-8,17H,9-10H2,1-5H3. The maximum Gasteiger partial charge on any atom is 0.0476 e. The van der Waals surface area contributed by atoms with E-state index >= 15 is 0 Å². The van der Waals surface area contributed by atoms with Crippen molar-refractivity contribution in [3.8, 4) is 0 Å². The summed E-state index contributed by atoms with van der Waals surface area (Å²) in [4.78, 5) is 2.55. The lowest BCUT2D eigenvalue weighted by Crippen LogP contribution is -2.68. The Hall–Kier alpha value is -0.540. The first-order chi connectivity index (χ1) is 8.24. The molecule has 1 N–H and O–H groups in total. The second kappa shape index (κ2) is 4.53. The van der Waals surface area contributed by atoms with E-state index in [0.717, 1.165) is 13.1 Å². The Morgan fingerprint density at radius 1 is 1.11 bits per heavy atom. The number of piperazine rings is 1. The topological polar surface area (TPSA) is 15.3 Å². The van der Waals surface area contributed by atoms with Gasteiger partial charge in [0.2, 0.25) is 0 Å². The van der Waals surface area contributed by atoms with Crippen LogP contribution in [0.4, 0.5) is 5.69 Å². The monoisotopic (exact) mass is 310 g/mol. The van der Waals surface area contributed by atoms with Crippen molar-refractivity contribution in [2.75, 3.05) is 18.0 Å². The normalized spacial score (nSPS) is 22.0. The first-order valence-electron chi connectivity index (χ1n) is 6.51. The van der Waals surface area contributed by atoms with Gasteiger partial charge in [-0.2, -0.15) is 0 Å². The highest BCUT2D eigenvalue weighted by molar-refractivity contribution is 9.10. The third-order valence-electron chi connectivity index (χ3n) is 3.73. The van der Waals surface area contributed by atoms with Crippen LogP contribution in [0, 0.1) is 6.92 Å². The quantitative estimate of drug-likeness (QED) is 0.850. The Bertz CT molecular complexity index is 436. The summed E-state index contributed by atoms with van der Waals surface area (Å²) < 4.78 is 1.18.